The van der Waals surface area contributed by atoms with Crippen LogP contribution in [0.1, 0.15) is 41.0 Å². The number of hydrogen-bond acceptors (Lipinski definition) is 6. The van der Waals surface area contributed by atoms with E-state index in [9.17, 15) is 32.6 Å². The fourth-order valence-electron chi connectivity index (χ4n) is 4.24. The van der Waals surface area contributed by atoms with Gasteiger partial charge in [0.05, 0.1) is 24.9 Å². The Morgan fingerprint density at radius 2 is 1.68 bits per heavy atom. The van der Waals surface area contributed by atoms with Crippen LogP contribution in [0.15, 0.2) is 54.7 Å². The summed E-state index contributed by atoms with van der Waals surface area (Å²) in [6.07, 6.45) is -3.82. The number of carbonyl (C=O) groups excluding carboxylic acids is 1. The molecule has 0 saturated heterocycles. The number of amides is 1. The van der Waals surface area contributed by atoms with Crippen molar-refractivity contribution < 1.29 is 41.7 Å². The quantitative estimate of drug-likeness (QED) is 0.259. The first kappa shape index (κ1) is 29.8. The Labute approximate surface area is 231 Å². The lowest BCUT2D eigenvalue weighted by Crippen LogP contribution is -2.51. The van der Waals surface area contributed by atoms with Gasteiger partial charge in [0.15, 0.2) is 5.82 Å². The number of fused-ring (bicyclic) bond motifs is 1. The summed E-state index contributed by atoms with van der Waals surface area (Å²) in [5.41, 5.74) is -7.12. The molecule has 0 fully saturated rings. The van der Waals surface area contributed by atoms with E-state index in [-0.39, 0.29) is 16.9 Å². The highest BCUT2D eigenvalue weighted by atomic mass is 19.4. The highest BCUT2D eigenvalue weighted by Gasteiger charge is 2.57. The summed E-state index contributed by atoms with van der Waals surface area (Å²) in [7, 11) is 1.35. The van der Waals surface area contributed by atoms with E-state index >= 15 is 4.39 Å². The summed E-state index contributed by atoms with van der Waals surface area (Å²) in [5, 5.41) is 24.1. The number of nitrogens with one attached hydrogen (secondary N) is 1. The molecule has 4 rings (SSSR count). The maximum absolute atomic E-state index is 15.4. The van der Waals surface area contributed by atoms with Crippen LogP contribution in [0.3, 0.4) is 0 Å². The molecular formula is C29H26F5N3O4. The molecule has 1 atom stereocenters. The topological polar surface area (TPSA) is 105 Å². The van der Waals surface area contributed by atoms with E-state index in [4.69, 9.17) is 4.74 Å². The molecule has 0 bridgehead atoms. The second-order valence-corrected chi connectivity index (χ2v) is 10.1. The monoisotopic (exact) mass is 575 g/mol. The van der Waals surface area contributed by atoms with Gasteiger partial charge in [-0.15, -0.1) is 0 Å². The van der Waals surface area contributed by atoms with Crippen LogP contribution in [0.25, 0.3) is 22.2 Å². The number of carbonyl (C=O) groups is 1. The molecular weight excluding hydrogens is 549 g/mol. The number of pyridine rings is 2. The lowest BCUT2D eigenvalue weighted by molar-refractivity contribution is -0.265. The zero-order valence-electron chi connectivity index (χ0n) is 22.4. The number of aliphatic hydroxyl groups is 2. The van der Waals surface area contributed by atoms with Crippen LogP contribution in [0.4, 0.5) is 22.0 Å². The number of ether oxygens (including phenoxy) is 1. The molecule has 2 heterocycles. The minimum absolute atomic E-state index is 0.0671. The van der Waals surface area contributed by atoms with Crippen molar-refractivity contribution >= 4 is 16.8 Å². The Bertz CT molecular complexity index is 1620. The first-order chi connectivity index (χ1) is 19.0. The van der Waals surface area contributed by atoms with Gasteiger partial charge in [-0.3, -0.25) is 9.78 Å². The second-order valence-electron chi connectivity index (χ2n) is 10.1. The minimum Gasteiger partial charge on any atom is -0.494 e. The zero-order chi connectivity index (χ0) is 30.3. The Morgan fingerprint density at radius 1 is 1.02 bits per heavy atom. The molecule has 0 aliphatic rings. The number of nitrogens with zero attached hydrogens (tertiary/aromatic N) is 2. The van der Waals surface area contributed by atoms with Crippen LogP contribution in [0.5, 0.6) is 5.75 Å². The highest BCUT2D eigenvalue weighted by Crippen LogP contribution is 2.41. The van der Waals surface area contributed by atoms with Gasteiger partial charge in [0.2, 0.25) is 5.60 Å². The maximum Gasteiger partial charge on any atom is 0.424 e. The maximum atomic E-state index is 15.4. The van der Waals surface area contributed by atoms with E-state index in [2.05, 4.69) is 15.3 Å². The summed E-state index contributed by atoms with van der Waals surface area (Å²) < 4.78 is 77.5. The number of benzene rings is 2. The van der Waals surface area contributed by atoms with Gasteiger partial charge in [-0.1, -0.05) is 0 Å². The molecule has 7 nitrogen and oxygen atoms in total. The van der Waals surface area contributed by atoms with Crippen molar-refractivity contribution in [3.63, 3.8) is 0 Å². The van der Waals surface area contributed by atoms with Crippen LogP contribution in [-0.4, -0.2) is 45.9 Å². The van der Waals surface area contributed by atoms with Gasteiger partial charge < -0.3 is 20.3 Å². The lowest BCUT2D eigenvalue weighted by Gasteiger charge is -2.32. The predicted molar refractivity (Wildman–Crippen MR) is 140 cm³/mol. The van der Waals surface area contributed by atoms with Crippen LogP contribution >= 0.6 is 0 Å². The summed E-state index contributed by atoms with van der Waals surface area (Å²) >= 11 is 0. The number of aryl methyl sites for hydroxylation is 1. The average Bonchev–Trinajstić information content (AvgIpc) is 2.90. The SMILES string of the molecule is COc1cc(C(=O)NC[C@](O)(c2cc(C(C)(C)O)c(F)c(-c3ccc(F)cc3)n2)C(F)(F)F)cc2cc(C)cnc12. The molecule has 12 heteroatoms. The van der Waals surface area contributed by atoms with E-state index in [1.165, 1.54) is 19.2 Å². The summed E-state index contributed by atoms with van der Waals surface area (Å²) in [5.74, 6) is -2.61. The lowest BCUT2D eigenvalue weighted by atomic mass is 9.90. The van der Waals surface area contributed by atoms with Crippen LogP contribution in [0, 0.1) is 18.6 Å². The van der Waals surface area contributed by atoms with Gasteiger partial charge in [-0.2, -0.15) is 13.2 Å². The van der Waals surface area contributed by atoms with Gasteiger partial charge in [-0.25, -0.2) is 13.8 Å². The smallest absolute Gasteiger partial charge is 0.424 e. The Balaban J connectivity index is 1.79. The fourth-order valence-corrected chi connectivity index (χ4v) is 4.24. The molecule has 216 valence electrons. The van der Waals surface area contributed by atoms with Crippen molar-refractivity contribution in [1.29, 1.82) is 0 Å². The number of hydrogen-bond donors (Lipinski definition) is 3. The molecule has 0 aliphatic carbocycles. The molecule has 3 N–H and O–H groups in total. The molecule has 0 radical (unpaired) electrons. The van der Waals surface area contributed by atoms with E-state index in [1.807, 2.05) is 0 Å². The van der Waals surface area contributed by atoms with Gasteiger partial charge in [-0.05, 0) is 74.9 Å². The predicted octanol–water partition coefficient (Wildman–Crippen LogP) is 5.30. The van der Waals surface area contributed by atoms with Crippen molar-refractivity contribution in [3.05, 3.63) is 88.7 Å². The first-order valence-electron chi connectivity index (χ1n) is 12.3. The molecule has 41 heavy (non-hydrogen) atoms. The standard InChI is InChI=1S/C29H26F5N3O4/c1-15-9-17-10-18(11-21(41-4)24(17)35-13-15)26(38)36-14-28(40,29(32,33)34)22-12-20(27(2,3)39)23(31)25(37-22)16-5-7-19(30)8-6-16/h5-13,39-40H,14H2,1-4H3,(H,36,38)/t28-/m0/s1. The largest absolute Gasteiger partial charge is 0.494 e. The summed E-state index contributed by atoms with van der Waals surface area (Å²) in [6.45, 7) is 2.64. The molecule has 0 unspecified atom stereocenters. The number of aromatic nitrogens is 2. The van der Waals surface area contributed by atoms with E-state index in [0.29, 0.717) is 17.0 Å². The Kier molecular flexibility index (Phi) is 7.76. The van der Waals surface area contributed by atoms with Crippen molar-refractivity contribution in [2.24, 2.45) is 0 Å². The zero-order valence-corrected chi connectivity index (χ0v) is 22.4. The van der Waals surface area contributed by atoms with Crippen LogP contribution < -0.4 is 10.1 Å². The number of alkyl halides is 3. The van der Waals surface area contributed by atoms with E-state index in [1.54, 1.807) is 19.2 Å². The normalized spacial score (nSPS) is 13.6. The Morgan fingerprint density at radius 3 is 2.27 bits per heavy atom. The molecule has 1 amide bonds. The minimum atomic E-state index is -5.41. The van der Waals surface area contributed by atoms with Crippen LogP contribution in [-0.2, 0) is 11.2 Å². The van der Waals surface area contributed by atoms with Crippen molar-refractivity contribution in [2.45, 2.75) is 38.1 Å². The Hall–Kier alpha value is -4.16. The molecule has 2 aromatic carbocycles. The third kappa shape index (κ3) is 5.84. The molecule has 0 saturated carbocycles. The summed E-state index contributed by atoms with van der Waals surface area (Å²) in [6, 6.07) is 9.11. The number of halogens is 5. The molecule has 4 aromatic rings. The highest BCUT2D eigenvalue weighted by molar-refractivity contribution is 6.00. The molecule has 0 aliphatic heterocycles. The van der Waals surface area contributed by atoms with Gasteiger partial charge in [0.1, 0.15) is 22.8 Å². The molecule has 2 aromatic heterocycles. The van der Waals surface area contributed by atoms with E-state index < -0.39 is 58.4 Å². The van der Waals surface area contributed by atoms with Crippen LogP contribution in [0.2, 0.25) is 0 Å². The van der Waals surface area contributed by atoms with Crippen molar-refractivity contribution in [1.82, 2.24) is 15.3 Å². The van der Waals surface area contributed by atoms with Crippen molar-refractivity contribution in [3.8, 4) is 17.0 Å². The molecule has 0 spiro atoms. The second kappa shape index (κ2) is 10.7. The fraction of sp³-hybridized carbons (Fsp3) is 0.276. The van der Waals surface area contributed by atoms with Gasteiger partial charge >= 0.3 is 6.18 Å². The summed E-state index contributed by atoms with van der Waals surface area (Å²) in [4.78, 5) is 21.0. The first-order valence-corrected chi connectivity index (χ1v) is 12.3. The average molecular weight is 576 g/mol. The van der Waals surface area contributed by atoms with Crippen molar-refractivity contribution in [2.75, 3.05) is 13.7 Å². The number of methoxy groups -OCH3 is 1. The van der Waals surface area contributed by atoms with Gasteiger partial charge in [0.25, 0.3) is 5.91 Å². The van der Waals surface area contributed by atoms with E-state index in [0.717, 1.165) is 43.7 Å². The number of rotatable bonds is 7. The third-order valence-corrected chi connectivity index (χ3v) is 6.50. The van der Waals surface area contributed by atoms with Gasteiger partial charge in [0, 0.05) is 28.3 Å². The third-order valence-electron chi connectivity index (χ3n) is 6.50.